The first-order chi connectivity index (χ1) is 13.0. The van der Waals surface area contributed by atoms with E-state index in [9.17, 15) is 4.79 Å². The van der Waals surface area contributed by atoms with Crippen LogP contribution in [0.15, 0.2) is 46.4 Å². The smallest absolute Gasteiger partial charge is 0.221 e. The fourth-order valence-electron chi connectivity index (χ4n) is 4.21. The minimum atomic E-state index is -0.510. The maximum Gasteiger partial charge on any atom is 0.221 e. The van der Waals surface area contributed by atoms with Crippen molar-refractivity contribution in [3.63, 3.8) is 0 Å². The number of amides is 1. The Labute approximate surface area is 158 Å². The van der Waals surface area contributed by atoms with Gasteiger partial charge in [0.2, 0.25) is 17.8 Å². The van der Waals surface area contributed by atoms with Crippen LogP contribution in [-0.4, -0.2) is 23.5 Å². The number of hydrogen-bond donors (Lipinski definition) is 3. The van der Waals surface area contributed by atoms with Gasteiger partial charge in [-0.3, -0.25) is 9.69 Å². The average Bonchev–Trinajstić information content (AvgIpc) is 2.61. The molecule has 5 N–H and O–H groups in total. The van der Waals surface area contributed by atoms with E-state index in [0.717, 1.165) is 47.8 Å². The Morgan fingerprint density at radius 2 is 1.89 bits per heavy atom. The van der Waals surface area contributed by atoms with E-state index in [1.807, 2.05) is 35.2 Å². The minimum Gasteiger partial charge on any atom is -0.369 e. The fourth-order valence-corrected chi connectivity index (χ4v) is 4.21. The van der Waals surface area contributed by atoms with E-state index in [1.54, 1.807) is 0 Å². The molecule has 2 aliphatic rings. The lowest BCUT2D eigenvalue weighted by molar-refractivity contribution is -0.114. The summed E-state index contributed by atoms with van der Waals surface area (Å²) in [5.41, 5.74) is 13.4. The van der Waals surface area contributed by atoms with Gasteiger partial charge in [0.25, 0.3) is 0 Å². The van der Waals surface area contributed by atoms with E-state index in [2.05, 4.69) is 16.4 Å². The molecular weight excluding hydrogens is 340 g/mol. The zero-order valence-corrected chi connectivity index (χ0v) is 15.4. The van der Waals surface area contributed by atoms with Crippen LogP contribution in [0.3, 0.4) is 0 Å². The van der Waals surface area contributed by atoms with Crippen molar-refractivity contribution in [3.05, 3.63) is 36.4 Å². The van der Waals surface area contributed by atoms with Gasteiger partial charge in [-0.25, -0.2) is 4.99 Å². The number of rotatable bonds is 2. The van der Waals surface area contributed by atoms with Crippen LogP contribution < -0.4 is 21.7 Å². The SMILES string of the molecule is CC(=O)Nc1cc(N2C(N)=NC(N)=NC23CCCCC3)cc2ccccc12. The lowest BCUT2D eigenvalue weighted by Gasteiger charge is -2.45. The van der Waals surface area contributed by atoms with Gasteiger partial charge in [-0.05, 0) is 43.2 Å². The van der Waals surface area contributed by atoms with Crippen LogP contribution in [-0.2, 0) is 4.79 Å². The Bertz CT molecular complexity index is 958. The molecule has 2 aromatic carbocycles. The van der Waals surface area contributed by atoms with Gasteiger partial charge in [0, 0.05) is 18.0 Å². The van der Waals surface area contributed by atoms with E-state index in [4.69, 9.17) is 16.5 Å². The van der Waals surface area contributed by atoms with Gasteiger partial charge in [-0.15, -0.1) is 0 Å². The van der Waals surface area contributed by atoms with Crippen LogP contribution in [0.25, 0.3) is 10.8 Å². The van der Waals surface area contributed by atoms with Gasteiger partial charge in [-0.2, -0.15) is 4.99 Å². The van der Waals surface area contributed by atoms with Crippen molar-refractivity contribution in [2.24, 2.45) is 21.5 Å². The van der Waals surface area contributed by atoms with Gasteiger partial charge in [-0.1, -0.05) is 30.7 Å². The first-order valence-electron chi connectivity index (χ1n) is 9.29. The Balaban J connectivity index is 1.89. The summed E-state index contributed by atoms with van der Waals surface area (Å²) in [4.78, 5) is 22.7. The minimum absolute atomic E-state index is 0.118. The molecule has 1 aliphatic carbocycles. The zero-order chi connectivity index (χ0) is 19.0. The number of carbonyl (C=O) groups is 1. The maximum atomic E-state index is 11.7. The fraction of sp³-hybridized carbons (Fsp3) is 0.350. The molecule has 27 heavy (non-hydrogen) atoms. The summed E-state index contributed by atoms with van der Waals surface area (Å²) in [6.07, 6.45) is 5.04. The van der Waals surface area contributed by atoms with Gasteiger partial charge >= 0.3 is 0 Å². The second-order valence-electron chi connectivity index (χ2n) is 7.21. The van der Waals surface area contributed by atoms with E-state index in [0.29, 0.717) is 5.96 Å². The summed E-state index contributed by atoms with van der Waals surface area (Å²) in [7, 11) is 0. The molecule has 2 aromatic rings. The molecule has 0 bridgehead atoms. The van der Waals surface area contributed by atoms with Crippen molar-refractivity contribution in [2.45, 2.75) is 44.7 Å². The average molecular weight is 364 g/mol. The van der Waals surface area contributed by atoms with Crippen molar-refractivity contribution >= 4 is 40.0 Å². The van der Waals surface area contributed by atoms with Crippen LogP contribution in [0.4, 0.5) is 11.4 Å². The molecule has 7 heteroatoms. The molecule has 0 aromatic heterocycles. The van der Waals surface area contributed by atoms with Crippen molar-refractivity contribution in [1.82, 2.24) is 0 Å². The maximum absolute atomic E-state index is 11.7. The van der Waals surface area contributed by atoms with Gasteiger partial charge < -0.3 is 16.8 Å². The highest BCUT2D eigenvalue weighted by atomic mass is 16.1. The Hall–Kier alpha value is -3.09. The standard InChI is InChI=1S/C20H24N6O/c1-13(27)23-17-12-15(11-14-7-3-4-8-16(14)17)26-19(22)24-18(21)25-20(26)9-5-2-6-10-20/h3-4,7-8,11-12H,2,5-6,9-10H2,1H3,(H,23,27)(H4,21,22,24,25). The number of hydrogen-bond acceptors (Lipinski definition) is 6. The number of guanidine groups is 2. The lowest BCUT2D eigenvalue weighted by Crippen LogP contribution is -2.58. The topological polar surface area (TPSA) is 109 Å². The summed E-state index contributed by atoms with van der Waals surface area (Å²) < 4.78 is 0. The molecule has 0 saturated heterocycles. The van der Waals surface area contributed by atoms with E-state index in [1.165, 1.54) is 13.3 Å². The number of anilines is 2. The first-order valence-corrected chi connectivity index (χ1v) is 9.29. The molecule has 0 unspecified atom stereocenters. The van der Waals surface area contributed by atoms with E-state index in [-0.39, 0.29) is 11.9 Å². The Morgan fingerprint density at radius 1 is 1.15 bits per heavy atom. The van der Waals surface area contributed by atoms with Gasteiger partial charge in [0.1, 0.15) is 5.66 Å². The van der Waals surface area contributed by atoms with E-state index >= 15 is 0 Å². The Morgan fingerprint density at radius 3 is 2.63 bits per heavy atom. The second-order valence-corrected chi connectivity index (χ2v) is 7.21. The summed E-state index contributed by atoms with van der Waals surface area (Å²) in [6, 6.07) is 12.0. The molecule has 0 atom stereocenters. The van der Waals surface area contributed by atoms with Crippen LogP contribution >= 0.6 is 0 Å². The lowest BCUT2D eigenvalue weighted by atomic mass is 9.87. The number of nitrogens with zero attached hydrogens (tertiary/aromatic N) is 3. The molecule has 1 fully saturated rings. The quantitative estimate of drug-likeness (QED) is 0.761. The van der Waals surface area contributed by atoms with Crippen LogP contribution in [0.1, 0.15) is 39.0 Å². The van der Waals surface area contributed by atoms with Crippen molar-refractivity contribution in [1.29, 1.82) is 0 Å². The number of aliphatic imine (C=N–C) groups is 2. The third kappa shape index (κ3) is 3.09. The molecule has 4 rings (SSSR count). The van der Waals surface area contributed by atoms with E-state index < -0.39 is 5.66 Å². The summed E-state index contributed by atoms with van der Waals surface area (Å²) in [5.74, 6) is 0.453. The Kier molecular flexibility index (Phi) is 4.22. The second kappa shape index (κ2) is 6.57. The first kappa shape index (κ1) is 17.3. The normalized spacial score (nSPS) is 18.9. The predicted octanol–water partition coefficient (Wildman–Crippen LogP) is 2.91. The number of nitrogens with two attached hydrogens (primary N) is 2. The van der Waals surface area contributed by atoms with Crippen molar-refractivity contribution in [2.75, 3.05) is 10.2 Å². The molecule has 1 amide bonds. The van der Waals surface area contributed by atoms with Crippen molar-refractivity contribution < 1.29 is 4.79 Å². The zero-order valence-electron chi connectivity index (χ0n) is 15.4. The largest absolute Gasteiger partial charge is 0.369 e. The third-order valence-electron chi connectivity index (χ3n) is 5.27. The highest BCUT2D eigenvalue weighted by molar-refractivity contribution is 6.09. The number of nitrogens with one attached hydrogen (secondary N) is 1. The predicted molar refractivity (Wildman–Crippen MR) is 110 cm³/mol. The highest BCUT2D eigenvalue weighted by Gasteiger charge is 2.42. The monoisotopic (exact) mass is 364 g/mol. The third-order valence-corrected chi connectivity index (χ3v) is 5.27. The number of fused-ring (bicyclic) bond motifs is 1. The molecule has 1 spiro atoms. The van der Waals surface area contributed by atoms with Gasteiger partial charge in [0.15, 0.2) is 0 Å². The molecule has 1 saturated carbocycles. The molecular formula is C20H24N6O. The molecule has 7 nitrogen and oxygen atoms in total. The van der Waals surface area contributed by atoms with Crippen molar-refractivity contribution in [3.8, 4) is 0 Å². The van der Waals surface area contributed by atoms with Crippen LogP contribution in [0.2, 0.25) is 0 Å². The van der Waals surface area contributed by atoms with Gasteiger partial charge in [0.05, 0.1) is 5.69 Å². The molecule has 0 radical (unpaired) electrons. The summed E-state index contributed by atoms with van der Waals surface area (Å²) in [5, 5.41) is 4.93. The summed E-state index contributed by atoms with van der Waals surface area (Å²) in [6.45, 7) is 1.51. The number of carbonyl (C=O) groups excluding carboxylic acids is 1. The van der Waals surface area contributed by atoms with Crippen LogP contribution in [0, 0.1) is 0 Å². The number of benzene rings is 2. The van der Waals surface area contributed by atoms with Crippen LogP contribution in [0.5, 0.6) is 0 Å². The summed E-state index contributed by atoms with van der Waals surface area (Å²) >= 11 is 0. The highest BCUT2D eigenvalue weighted by Crippen LogP contribution is 2.41. The molecule has 140 valence electrons. The molecule has 1 heterocycles. The molecule has 1 aliphatic heterocycles.